The number of hydrogen-bond acceptors (Lipinski definition) is 6. The molecule has 0 radical (unpaired) electrons. The number of anilines is 1. The van der Waals surface area contributed by atoms with E-state index in [1.807, 2.05) is 21.9 Å². The van der Waals surface area contributed by atoms with E-state index in [2.05, 4.69) is 5.32 Å². The van der Waals surface area contributed by atoms with Crippen LogP contribution in [0.5, 0.6) is 0 Å². The van der Waals surface area contributed by atoms with E-state index < -0.39 is 24.1 Å². The van der Waals surface area contributed by atoms with Crippen LogP contribution in [0.2, 0.25) is 5.02 Å². The smallest absolute Gasteiger partial charge is 0.367 e. The van der Waals surface area contributed by atoms with Crippen LogP contribution in [0.15, 0.2) is 18.2 Å². The molecular formula is C23H30ClN5O5. The first-order chi connectivity index (χ1) is 16.3. The highest BCUT2D eigenvalue weighted by Crippen LogP contribution is 2.31. The molecule has 0 aromatic heterocycles. The van der Waals surface area contributed by atoms with Gasteiger partial charge in [-0.15, -0.1) is 0 Å². The fraction of sp³-hybridized carbons (Fsp3) is 0.565. The Bertz CT molecular complexity index is 972. The molecule has 184 valence electrons. The number of hydrogen-bond donors (Lipinski definition) is 1. The maximum atomic E-state index is 13.0. The molecule has 34 heavy (non-hydrogen) atoms. The van der Waals surface area contributed by atoms with E-state index in [1.54, 1.807) is 19.9 Å². The highest BCUT2D eigenvalue weighted by Gasteiger charge is 2.43. The first-order valence-electron chi connectivity index (χ1n) is 11.7. The third kappa shape index (κ3) is 4.77. The Labute approximate surface area is 203 Å². The lowest BCUT2D eigenvalue weighted by Gasteiger charge is -2.36. The topological polar surface area (TPSA) is 102 Å². The minimum absolute atomic E-state index is 0.0537. The van der Waals surface area contributed by atoms with Gasteiger partial charge in [0.05, 0.1) is 16.3 Å². The Kier molecular flexibility index (Phi) is 7.16. The lowest BCUT2D eigenvalue weighted by Crippen LogP contribution is -2.51. The normalized spacial score (nSPS) is 21.2. The Morgan fingerprint density at radius 3 is 2.29 bits per heavy atom. The molecule has 1 aromatic carbocycles. The zero-order chi connectivity index (χ0) is 24.4. The second-order valence-corrected chi connectivity index (χ2v) is 9.50. The van der Waals surface area contributed by atoms with E-state index in [-0.39, 0.29) is 11.8 Å². The van der Waals surface area contributed by atoms with Crippen molar-refractivity contribution in [3.05, 3.63) is 28.8 Å². The maximum absolute atomic E-state index is 13.0. The van der Waals surface area contributed by atoms with Gasteiger partial charge in [0, 0.05) is 39.3 Å². The van der Waals surface area contributed by atoms with Crippen molar-refractivity contribution in [1.29, 1.82) is 0 Å². The summed E-state index contributed by atoms with van der Waals surface area (Å²) in [5.41, 5.74) is 1.23. The van der Waals surface area contributed by atoms with Gasteiger partial charge in [0.15, 0.2) is 0 Å². The van der Waals surface area contributed by atoms with E-state index in [4.69, 9.17) is 16.4 Å². The lowest BCUT2D eigenvalue weighted by molar-refractivity contribution is -0.152. The number of imide groups is 1. The quantitative estimate of drug-likeness (QED) is 0.650. The van der Waals surface area contributed by atoms with Crippen LogP contribution in [-0.2, 0) is 9.63 Å². The highest BCUT2D eigenvalue weighted by atomic mass is 35.5. The van der Waals surface area contributed by atoms with Gasteiger partial charge in [-0.2, -0.15) is 0 Å². The highest BCUT2D eigenvalue weighted by molar-refractivity contribution is 6.36. The second kappa shape index (κ2) is 10.1. The van der Waals surface area contributed by atoms with Crippen LogP contribution < -0.4 is 10.2 Å². The molecule has 3 heterocycles. The number of halogens is 1. The summed E-state index contributed by atoms with van der Waals surface area (Å²) in [6, 6.07) is 3.99. The van der Waals surface area contributed by atoms with E-state index in [0.717, 1.165) is 38.0 Å². The van der Waals surface area contributed by atoms with Crippen molar-refractivity contribution in [1.82, 2.24) is 20.2 Å². The minimum Gasteiger partial charge on any atom is -0.367 e. The third-order valence-corrected chi connectivity index (χ3v) is 6.89. The van der Waals surface area contributed by atoms with Gasteiger partial charge in [-0.25, -0.2) is 9.59 Å². The zero-order valence-electron chi connectivity index (χ0n) is 19.5. The van der Waals surface area contributed by atoms with Crippen molar-refractivity contribution in [3.8, 4) is 0 Å². The largest absolute Gasteiger partial charge is 0.434 e. The van der Waals surface area contributed by atoms with E-state index in [9.17, 15) is 19.2 Å². The summed E-state index contributed by atoms with van der Waals surface area (Å²) in [7, 11) is 0. The molecule has 0 bridgehead atoms. The van der Waals surface area contributed by atoms with Gasteiger partial charge in [-0.3, -0.25) is 9.59 Å². The Morgan fingerprint density at radius 1 is 1.00 bits per heavy atom. The number of nitrogens with one attached hydrogen (secondary N) is 1. The number of rotatable bonds is 4. The van der Waals surface area contributed by atoms with Crippen LogP contribution in [0.1, 0.15) is 43.5 Å². The van der Waals surface area contributed by atoms with Crippen molar-refractivity contribution in [2.45, 2.75) is 39.2 Å². The molecule has 0 unspecified atom stereocenters. The SMILES string of the molecule is CC(C)[C@@H]1NC(=O)N(OC(=O)N2CCN(c3cccc(C(=O)N4CCCCC4)c3Cl)CC2)C1=O. The molecule has 1 aromatic rings. The monoisotopic (exact) mass is 491 g/mol. The predicted octanol–water partition coefficient (Wildman–Crippen LogP) is 2.72. The number of piperidine rings is 1. The molecule has 11 heteroatoms. The summed E-state index contributed by atoms with van der Waals surface area (Å²) in [5.74, 6) is -0.748. The molecule has 1 atom stereocenters. The minimum atomic E-state index is -0.757. The lowest BCUT2D eigenvalue weighted by atomic mass is 10.1. The number of urea groups is 1. The van der Waals surface area contributed by atoms with Crippen molar-refractivity contribution >= 4 is 41.2 Å². The molecule has 3 fully saturated rings. The molecule has 3 aliphatic rings. The van der Waals surface area contributed by atoms with Gasteiger partial charge in [-0.05, 0) is 37.3 Å². The second-order valence-electron chi connectivity index (χ2n) is 9.13. The zero-order valence-corrected chi connectivity index (χ0v) is 20.2. The van der Waals surface area contributed by atoms with Gasteiger partial charge in [0.2, 0.25) is 0 Å². The average molecular weight is 492 g/mol. The molecular weight excluding hydrogens is 462 g/mol. The molecule has 0 aliphatic carbocycles. The average Bonchev–Trinajstić information content (AvgIpc) is 3.13. The number of amides is 5. The van der Waals surface area contributed by atoms with Crippen molar-refractivity contribution in [2.75, 3.05) is 44.2 Å². The van der Waals surface area contributed by atoms with E-state index >= 15 is 0 Å². The molecule has 1 N–H and O–H groups in total. The van der Waals surface area contributed by atoms with Crippen LogP contribution >= 0.6 is 11.6 Å². The number of carbonyl (C=O) groups is 4. The fourth-order valence-corrected chi connectivity index (χ4v) is 4.81. The molecule has 0 saturated carbocycles. The number of benzene rings is 1. The standard InChI is InChI=1S/C23H30ClN5O5/c1-15(2)19-21(31)29(22(32)25-19)34-23(33)28-13-11-26(12-14-28)17-8-6-7-16(18(17)24)20(30)27-9-4-3-5-10-27/h6-8,15,19H,3-5,9-14H2,1-2H3,(H,25,32)/t19-/m0/s1. The van der Waals surface area contributed by atoms with Gasteiger partial charge in [-0.1, -0.05) is 36.6 Å². The number of hydroxylamine groups is 2. The summed E-state index contributed by atoms with van der Waals surface area (Å²) in [6.45, 7) is 6.65. The molecule has 0 spiro atoms. The van der Waals surface area contributed by atoms with E-state index in [1.165, 1.54) is 4.90 Å². The molecule has 5 amide bonds. The van der Waals surface area contributed by atoms with Gasteiger partial charge in [0.1, 0.15) is 6.04 Å². The first kappa shape index (κ1) is 24.1. The number of piperazine rings is 1. The van der Waals surface area contributed by atoms with Gasteiger partial charge in [0.25, 0.3) is 11.8 Å². The Morgan fingerprint density at radius 2 is 1.68 bits per heavy atom. The summed E-state index contributed by atoms with van der Waals surface area (Å²) in [4.78, 5) is 60.3. The van der Waals surface area contributed by atoms with Crippen LogP contribution in [-0.4, -0.2) is 84.1 Å². The Balaban J connectivity index is 1.36. The van der Waals surface area contributed by atoms with Crippen LogP contribution in [0, 0.1) is 5.92 Å². The number of likely N-dealkylation sites (tertiary alicyclic amines) is 1. The molecule has 4 rings (SSSR count). The van der Waals surface area contributed by atoms with Crippen LogP contribution in [0.25, 0.3) is 0 Å². The van der Waals surface area contributed by atoms with E-state index in [0.29, 0.717) is 41.8 Å². The maximum Gasteiger partial charge on any atom is 0.434 e. The summed E-state index contributed by atoms with van der Waals surface area (Å²) in [6.07, 6.45) is 2.39. The van der Waals surface area contributed by atoms with Crippen LogP contribution in [0.3, 0.4) is 0 Å². The Hall–Kier alpha value is -3.01. The van der Waals surface area contributed by atoms with Gasteiger partial charge < -0.3 is 24.9 Å². The first-order valence-corrected chi connectivity index (χ1v) is 12.1. The number of nitrogens with zero attached hydrogens (tertiary/aromatic N) is 4. The summed E-state index contributed by atoms with van der Waals surface area (Å²) < 4.78 is 0. The summed E-state index contributed by atoms with van der Waals surface area (Å²) >= 11 is 6.66. The molecule has 3 saturated heterocycles. The summed E-state index contributed by atoms with van der Waals surface area (Å²) in [5, 5.41) is 3.44. The molecule has 10 nitrogen and oxygen atoms in total. The third-order valence-electron chi connectivity index (χ3n) is 6.50. The molecule has 3 aliphatic heterocycles. The van der Waals surface area contributed by atoms with Crippen molar-refractivity contribution in [3.63, 3.8) is 0 Å². The number of carbonyl (C=O) groups excluding carboxylic acids is 4. The van der Waals surface area contributed by atoms with Crippen LogP contribution in [0.4, 0.5) is 15.3 Å². The van der Waals surface area contributed by atoms with Crippen molar-refractivity contribution in [2.24, 2.45) is 5.92 Å². The predicted molar refractivity (Wildman–Crippen MR) is 125 cm³/mol. The fourth-order valence-electron chi connectivity index (χ4n) is 4.48. The van der Waals surface area contributed by atoms with Crippen molar-refractivity contribution < 1.29 is 24.0 Å². The van der Waals surface area contributed by atoms with Gasteiger partial charge >= 0.3 is 12.1 Å².